The van der Waals surface area contributed by atoms with E-state index in [4.69, 9.17) is 6.42 Å². The minimum atomic E-state index is -3.17. The molecule has 3 nitrogen and oxygen atoms in total. The average Bonchev–Trinajstić information content (AvgIpc) is 1.87. The molecular formula is C6H10BrNO2S. The molecule has 0 bridgehead atoms. The molecule has 0 aromatic heterocycles. The van der Waals surface area contributed by atoms with Gasteiger partial charge in [0.15, 0.2) is 0 Å². The normalized spacial score (nSPS) is 13.9. The molecule has 0 heterocycles. The van der Waals surface area contributed by atoms with Crippen LogP contribution in [0, 0.1) is 12.3 Å². The van der Waals surface area contributed by atoms with E-state index in [1.54, 1.807) is 6.92 Å². The summed E-state index contributed by atoms with van der Waals surface area (Å²) in [7, 11) is -3.17. The van der Waals surface area contributed by atoms with Crippen molar-refractivity contribution in [1.29, 1.82) is 0 Å². The molecule has 0 saturated carbocycles. The van der Waals surface area contributed by atoms with Gasteiger partial charge in [-0.05, 0) is 6.92 Å². The van der Waals surface area contributed by atoms with Crippen LogP contribution < -0.4 is 4.72 Å². The quantitative estimate of drug-likeness (QED) is 0.580. The molecule has 0 rings (SSSR count). The standard InChI is InChI=1S/C6H10BrNO2S/c1-3-4-6(2)8-11(9,10)5-7/h1,6,8H,4-5H2,2H3. The highest BCUT2D eigenvalue weighted by Crippen LogP contribution is 1.96. The van der Waals surface area contributed by atoms with Gasteiger partial charge in [-0.3, -0.25) is 0 Å². The predicted molar refractivity (Wildman–Crippen MR) is 48.8 cm³/mol. The van der Waals surface area contributed by atoms with Crippen molar-refractivity contribution < 1.29 is 8.42 Å². The minimum absolute atomic E-state index is 0.0884. The fourth-order valence-electron chi connectivity index (χ4n) is 0.556. The van der Waals surface area contributed by atoms with Crippen LogP contribution >= 0.6 is 15.9 Å². The Balaban J connectivity index is 3.97. The molecule has 0 aliphatic carbocycles. The molecule has 11 heavy (non-hydrogen) atoms. The molecule has 1 unspecified atom stereocenters. The van der Waals surface area contributed by atoms with Crippen LogP contribution in [-0.2, 0) is 10.0 Å². The van der Waals surface area contributed by atoms with Gasteiger partial charge in [0.1, 0.15) is 4.66 Å². The summed E-state index contributed by atoms with van der Waals surface area (Å²) in [6.45, 7) is 1.72. The zero-order chi connectivity index (χ0) is 8.91. The maximum Gasteiger partial charge on any atom is 0.221 e. The van der Waals surface area contributed by atoms with Crippen LogP contribution in [0.5, 0.6) is 0 Å². The Kier molecular flexibility index (Phi) is 4.73. The molecule has 0 radical (unpaired) electrons. The Morgan fingerprint density at radius 3 is 2.64 bits per heavy atom. The fourth-order valence-corrected chi connectivity index (χ4v) is 1.71. The molecule has 0 aromatic rings. The summed E-state index contributed by atoms with van der Waals surface area (Å²) >= 11 is 2.85. The third-order valence-corrected chi connectivity index (χ3v) is 3.81. The zero-order valence-electron chi connectivity index (χ0n) is 6.17. The van der Waals surface area contributed by atoms with E-state index in [9.17, 15) is 8.42 Å². The Bertz CT molecular complexity index is 242. The van der Waals surface area contributed by atoms with E-state index in [2.05, 4.69) is 26.6 Å². The van der Waals surface area contributed by atoms with Crippen LogP contribution in [-0.4, -0.2) is 19.1 Å². The monoisotopic (exact) mass is 239 g/mol. The molecule has 5 heteroatoms. The second kappa shape index (κ2) is 4.75. The summed E-state index contributed by atoms with van der Waals surface area (Å²) in [4.78, 5) is 0. The first kappa shape index (κ1) is 11.0. The highest BCUT2D eigenvalue weighted by molar-refractivity contribution is 9.10. The first-order chi connectivity index (χ1) is 5.02. The summed E-state index contributed by atoms with van der Waals surface area (Å²) < 4.78 is 24.0. The number of terminal acetylenes is 1. The first-order valence-electron chi connectivity index (χ1n) is 3.01. The lowest BCUT2D eigenvalue weighted by Gasteiger charge is -2.08. The van der Waals surface area contributed by atoms with Crippen molar-refractivity contribution in [3.8, 4) is 12.3 Å². The van der Waals surface area contributed by atoms with Crippen molar-refractivity contribution in [2.75, 3.05) is 4.66 Å². The highest BCUT2D eigenvalue weighted by atomic mass is 79.9. The van der Waals surface area contributed by atoms with E-state index >= 15 is 0 Å². The Morgan fingerprint density at radius 2 is 2.27 bits per heavy atom. The number of alkyl halides is 1. The van der Waals surface area contributed by atoms with Crippen LogP contribution in [0.1, 0.15) is 13.3 Å². The molecule has 1 N–H and O–H groups in total. The number of hydrogen-bond donors (Lipinski definition) is 1. The van der Waals surface area contributed by atoms with E-state index in [-0.39, 0.29) is 10.7 Å². The lowest BCUT2D eigenvalue weighted by atomic mass is 10.3. The SMILES string of the molecule is C#CCC(C)NS(=O)(=O)CBr. The summed E-state index contributed by atoms with van der Waals surface area (Å²) in [6.07, 6.45) is 5.40. The first-order valence-corrected chi connectivity index (χ1v) is 5.78. The summed E-state index contributed by atoms with van der Waals surface area (Å²) in [5.74, 6) is 2.37. The highest BCUT2D eigenvalue weighted by Gasteiger charge is 2.10. The van der Waals surface area contributed by atoms with Gasteiger partial charge < -0.3 is 0 Å². The van der Waals surface area contributed by atoms with Crippen LogP contribution in [0.2, 0.25) is 0 Å². The number of nitrogens with one attached hydrogen (secondary N) is 1. The molecule has 0 saturated heterocycles. The summed E-state index contributed by atoms with van der Waals surface area (Å²) in [5.41, 5.74) is 0. The summed E-state index contributed by atoms with van der Waals surface area (Å²) in [5, 5.41) is 0. The molecule has 0 aliphatic heterocycles. The van der Waals surface area contributed by atoms with E-state index in [1.807, 2.05) is 0 Å². The van der Waals surface area contributed by atoms with Gasteiger partial charge in [-0.25, -0.2) is 13.1 Å². The van der Waals surface area contributed by atoms with Crippen LogP contribution in [0.25, 0.3) is 0 Å². The molecule has 0 fully saturated rings. The third-order valence-electron chi connectivity index (χ3n) is 0.948. The van der Waals surface area contributed by atoms with Crippen molar-refractivity contribution >= 4 is 26.0 Å². The molecule has 0 amide bonds. The van der Waals surface area contributed by atoms with Crippen molar-refractivity contribution in [3.05, 3.63) is 0 Å². The van der Waals surface area contributed by atoms with Gasteiger partial charge in [-0.15, -0.1) is 12.3 Å². The summed E-state index contributed by atoms with van der Waals surface area (Å²) in [6, 6.07) is -0.192. The smallest absolute Gasteiger partial charge is 0.212 e. The van der Waals surface area contributed by atoms with Gasteiger partial charge >= 0.3 is 0 Å². The van der Waals surface area contributed by atoms with Gasteiger partial charge in [0.25, 0.3) is 0 Å². The van der Waals surface area contributed by atoms with Crippen molar-refractivity contribution in [1.82, 2.24) is 4.72 Å². The minimum Gasteiger partial charge on any atom is -0.212 e. The maximum atomic E-state index is 10.9. The zero-order valence-corrected chi connectivity index (χ0v) is 8.57. The maximum absolute atomic E-state index is 10.9. The van der Waals surface area contributed by atoms with E-state index in [1.165, 1.54) is 0 Å². The second-order valence-corrected chi connectivity index (χ2v) is 5.21. The van der Waals surface area contributed by atoms with E-state index in [0.717, 1.165) is 0 Å². The van der Waals surface area contributed by atoms with Gasteiger partial charge in [-0.1, -0.05) is 15.9 Å². The van der Waals surface area contributed by atoms with Crippen molar-refractivity contribution in [2.45, 2.75) is 19.4 Å². The van der Waals surface area contributed by atoms with Gasteiger partial charge in [0, 0.05) is 12.5 Å². The molecule has 0 aliphatic rings. The number of hydrogen-bond acceptors (Lipinski definition) is 2. The molecule has 0 spiro atoms. The number of rotatable bonds is 4. The molecular weight excluding hydrogens is 230 g/mol. The fraction of sp³-hybridized carbons (Fsp3) is 0.667. The Morgan fingerprint density at radius 1 is 1.73 bits per heavy atom. The molecule has 1 atom stereocenters. The second-order valence-electron chi connectivity index (χ2n) is 2.15. The van der Waals surface area contributed by atoms with E-state index in [0.29, 0.717) is 6.42 Å². The van der Waals surface area contributed by atoms with Gasteiger partial charge in [0.05, 0.1) is 0 Å². The van der Waals surface area contributed by atoms with Crippen molar-refractivity contribution in [3.63, 3.8) is 0 Å². The lowest BCUT2D eigenvalue weighted by molar-refractivity contribution is 0.569. The number of sulfonamides is 1. The van der Waals surface area contributed by atoms with Crippen LogP contribution in [0.4, 0.5) is 0 Å². The van der Waals surface area contributed by atoms with Gasteiger partial charge in [-0.2, -0.15) is 0 Å². The van der Waals surface area contributed by atoms with Crippen molar-refractivity contribution in [2.24, 2.45) is 0 Å². The average molecular weight is 240 g/mol. The predicted octanol–water partition coefficient (Wildman–Crippen LogP) is 0.670. The topological polar surface area (TPSA) is 46.2 Å². The largest absolute Gasteiger partial charge is 0.221 e. The van der Waals surface area contributed by atoms with Gasteiger partial charge in [0.2, 0.25) is 10.0 Å². The third kappa shape index (κ3) is 5.24. The Hall–Kier alpha value is -0.0500. The molecule has 64 valence electrons. The van der Waals surface area contributed by atoms with Crippen LogP contribution in [0.3, 0.4) is 0 Å². The van der Waals surface area contributed by atoms with Crippen LogP contribution in [0.15, 0.2) is 0 Å². The van der Waals surface area contributed by atoms with E-state index < -0.39 is 10.0 Å². The number of halogens is 1. The Labute approximate surface area is 75.7 Å². The lowest BCUT2D eigenvalue weighted by Crippen LogP contribution is -2.32. The molecule has 0 aromatic carbocycles.